The first kappa shape index (κ1) is 20.4. The van der Waals surface area contributed by atoms with Crippen molar-refractivity contribution in [3.63, 3.8) is 0 Å². The zero-order valence-electron chi connectivity index (χ0n) is 17.8. The molecule has 5 rings (SSSR count). The summed E-state index contributed by atoms with van der Waals surface area (Å²) in [7, 11) is 0. The average Bonchev–Trinajstić information content (AvgIpc) is 3.40. The number of rotatable bonds is 4. The van der Waals surface area contributed by atoms with Crippen LogP contribution in [0.3, 0.4) is 0 Å². The number of piperazine rings is 1. The van der Waals surface area contributed by atoms with Crippen molar-refractivity contribution >= 4 is 17.4 Å². The van der Waals surface area contributed by atoms with E-state index in [0.717, 1.165) is 44.0 Å². The maximum Gasteiger partial charge on any atom is 0.227 e. The number of halogens is 1. The molecule has 1 aromatic carbocycles. The van der Waals surface area contributed by atoms with Crippen LogP contribution in [0.2, 0.25) is 0 Å². The lowest BCUT2D eigenvalue weighted by atomic mass is 9.96. The highest BCUT2D eigenvalue weighted by Crippen LogP contribution is 2.25. The van der Waals surface area contributed by atoms with Crippen LogP contribution in [-0.2, 0) is 4.79 Å². The third kappa shape index (κ3) is 4.28. The van der Waals surface area contributed by atoms with Crippen LogP contribution in [0.1, 0.15) is 12.8 Å². The molecule has 0 radical (unpaired) electrons. The maximum atomic E-state index is 13.3. The molecule has 9 heteroatoms. The Morgan fingerprint density at radius 1 is 0.969 bits per heavy atom. The Labute approximate surface area is 186 Å². The van der Waals surface area contributed by atoms with Crippen molar-refractivity contribution in [1.82, 2.24) is 24.6 Å². The summed E-state index contributed by atoms with van der Waals surface area (Å²) in [6.45, 7) is 4.41. The van der Waals surface area contributed by atoms with Gasteiger partial charge in [-0.25, -0.2) is 19.0 Å². The van der Waals surface area contributed by atoms with Gasteiger partial charge in [-0.15, -0.1) is 0 Å². The van der Waals surface area contributed by atoms with Gasteiger partial charge in [0.05, 0.1) is 5.92 Å². The zero-order valence-corrected chi connectivity index (χ0v) is 17.8. The third-order valence-corrected chi connectivity index (χ3v) is 6.26. The van der Waals surface area contributed by atoms with E-state index in [-0.39, 0.29) is 17.6 Å². The molecule has 1 unspecified atom stereocenters. The monoisotopic (exact) mass is 435 g/mol. The molecule has 0 bridgehead atoms. The Balaban J connectivity index is 1.21. The zero-order chi connectivity index (χ0) is 21.9. The Bertz CT molecular complexity index is 1050. The van der Waals surface area contributed by atoms with Crippen LogP contribution in [0.15, 0.2) is 55.1 Å². The third-order valence-electron chi connectivity index (χ3n) is 6.26. The number of hydrogen-bond acceptors (Lipinski definition) is 6. The number of carbonyl (C=O) groups excluding carboxylic acids is 1. The van der Waals surface area contributed by atoms with E-state index in [0.29, 0.717) is 25.5 Å². The summed E-state index contributed by atoms with van der Waals surface area (Å²) in [5, 5.41) is 4.23. The lowest BCUT2D eigenvalue weighted by Crippen LogP contribution is -2.52. The van der Waals surface area contributed by atoms with Crippen LogP contribution < -0.4 is 9.80 Å². The number of amides is 1. The molecule has 0 saturated carbocycles. The smallest absolute Gasteiger partial charge is 0.227 e. The van der Waals surface area contributed by atoms with Crippen molar-refractivity contribution < 1.29 is 9.18 Å². The van der Waals surface area contributed by atoms with Crippen molar-refractivity contribution in [3.05, 3.63) is 60.9 Å². The topological polar surface area (TPSA) is 70.4 Å². The van der Waals surface area contributed by atoms with Crippen molar-refractivity contribution in [2.45, 2.75) is 12.8 Å². The molecule has 2 saturated heterocycles. The molecule has 2 aromatic heterocycles. The lowest BCUT2D eigenvalue weighted by molar-refractivity contribution is -0.136. The number of carbonyl (C=O) groups is 1. The van der Waals surface area contributed by atoms with Crippen LogP contribution in [0.25, 0.3) is 5.82 Å². The van der Waals surface area contributed by atoms with Crippen LogP contribution in [0.5, 0.6) is 0 Å². The standard InChI is InChI=1S/C23H26FN7O/c24-19-4-6-20(7-5-19)28-11-13-29(14-12-28)23(32)18-3-1-9-30(16-18)21-15-22(26-17-25-21)31-10-2-8-27-31/h2,4-8,10,15,17-18H,1,3,9,11-14,16H2. The second-order valence-corrected chi connectivity index (χ2v) is 8.26. The first-order valence-electron chi connectivity index (χ1n) is 11.0. The van der Waals surface area contributed by atoms with Gasteiger partial charge >= 0.3 is 0 Å². The van der Waals surface area contributed by atoms with Gasteiger partial charge < -0.3 is 14.7 Å². The van der Waals surface area contributed by atoms with Gasteiger partial charge in [0.15, 0.2) is 5.82 Å². The van der Waals surface area contributed by atoms with Gasteiger partial charge in [0, 0.05) is 63.4 Å². The van der Waals surface area contributed by atoms with Crippen LogP contribution in [0.4, 0.5) is 15.9 Å². The summed E-state index contributed by atoms with van der Waals surface area (Å²) in [6.07, 6.45) is 6.96. The van der Waals surface area contributed by atoms with Crippen LogP contribution >= 0.6 is 0 Å². The molecule has 0 spiro atoms. The van der Waals surface area contributed by atoms with E-state index in [1.54, 1.807) is 29.3 Å². The van der Waals surface area contributed by atoms with Crippen molar-refractivity contribution in [2.75, 3.05) is 49.1 Å². The van der Waals surface area contributed by atoms with E-state index in [4.69, 9.17) is 0 Å². The molecule has 1 atom stereocenters. The van der Waals surface area contributed by atoms with Crippen molar-refractivity contribution in [2.24, 2.45) is 5.92 Å². The largest absolute Gasteiger partial charge is 0.368 e. The van der Waals surface area contributed by atoms with Gasteiger partial charge in [-0.1, -0.05) is 0 Å². The molecule has 0 N–H and O–H groups in total. The maximum absolute atomic E-state index is 13.3. The Morgan fingerprint density at radius 2 is 1.75 bits per heavy atom. The predicted octanol–water partition coefficient (Wildman–Crippen LogP) is 2.37. The molecule has 1 amide bonds. The molecule has 8 nitrogen and oxygen atoms in total. The molecule has 2 aliphatic rings. The minimum absolute atomic E-state index is 0.0377. The quantitative estimate of drug-likeness (QED) is 0.627. The highest BCUT2D eigenvalue weighted by Gasteiger charge is 2.31. The fourth-order valence-corrected chi connectivity index (χ4v) is 4.52. The van der Waals surface area contributed by atoms with Gasteiger partial charge in [0.1, 0.15) is 18.0 Å². The van der Waals surface area contributed by atoms with Crippen molar-refractivity contribution in [3.8, 4) is 5.82 Å². The molecule has 166 valence electrons. The van der Waals surface area contributed by atoms with Crippen LogP contribution in [-0.4, -0.2) is 69.8 Å². The minimum Gasteiger partial charge on any atom is -0.368 e. The first-order valence-corrected chi connectivity index (χ1v) is 11.0. The molecule has 0 aliphatic carbocycles. The van der Waals surface area contributed by atoms with Gasteiger partial charge in [-0.2, -0.15) is 5.10 Å². The van der Waals surface area contributed by atoms with Crippen molar-refractivity contribution in [1.29, 1.82) is 0 Å². The number of piperidine rings is 1. The SMILES string of the molecule is O=C(C1CCCN(c2cc(-n3cccn3)ncn2)C1)N1CCN(c2ccc(F)cc2)CC1. The number of anilines is 2. The molecular formula is C23H26FN7O. The molecular weight excluding hydrogens is 409 g/mol. The van der Waals surface area contributed by atoms with Gasteiger partial charge in [-0.05, 0) is 43.2 Å². The van der Waals surface area contributed by atoms with E-state index in [1.807, 2.05) is 23.2 Å². The summed E-state index contributed by atoms with van der Waals surface area (Å²) in [4.78, 5) is 28.4. The second kappa shape index (κ2) is 8.94. The Morgan fingerprint density at radius 3 is 2.50 bits per heavy atom. The summed E-state index contributed by atoms with van der Waals surface area (Å²) in [5.74, 6) is 1.48. The fraction of sp³-hybridized carbons (Fsp3) is 0.391. The number of aromatic nitrogens is 4. The first-order chi connectivity index (χ1) is 15.7. The molecule has 4 heterocycles. The molecule has 32 heavy (non-hydrogen) atoms. The van der Waals surface area contributed by atoms with Gasteiger partial charge in [0.25, 0.3) is 0 Å². The van der Waals surface area contributed by atoms with Gasteiger partial charge in [-0.3, -0.25) is 4.79 Å². The molecule has 3 aromatic rings. The Kier molecular flexibility index (Phi) is 5.70. The predicted molar refractivity (Wildman–Crippen MR) is 119 cm³/mol. The number of benzene rings is 1. The normalized spacial score (nSPS) is 19.3. The number of hydrogen-bond donors (Lipinski definition) is 0. The molecule has 2 fully saturated rings. The fourth-order valence-electron chi connectivity index (χ4n) is 4.52. The lowest BCUT2D eigenvalue weighted by Gasteiger charge is -2.40. The summed E-state index contributed by atoms with van der Waals surface area (Å²) in [6, 6.07) is 10.3. The number of nitrogens with zero attached hydrogens (tertiary/aromatic N) is 7. The summed E-state index contributed by atoms with van der Waals surface area (Å²) in [5.41, 5.74) is 0.999. The van der Waals surface area contributed by atoms with E-state index < -0.39 is 0 Å². The minimum atomic E-state index is -0.232. The van der Waals surface area contributed by atoms with Gasteiger partial charge in [0.2, 0.25) is 5.91 Å². The average molecular weight is 436 g/mol. The summed E-state index contributed by atoms with van der Waals surface area (Å²) < 4.78 is 14.9. The molecule has 2 aliphatic heterocycles. The Hall–Kier alpha value is -3.49. The van der Waals surface area contributed by atoms with E-state index in [9.17, 15) is 9.18 Å². The summed E-state index contributed by atoms with van der Waals surface area (Å²) >= 11 is 0. The van der Waals surface area contributed by atoms with E-state index in [1.165, 1.54) is 12.1 Å². The van der Waals surface area contributed by atoms with E-state index >= 15 is 0 Å². The highest BCUT2D eigenvalue weighted by molar-refractivity contribution is 5.80. The van der Waals surface area contributed by atoms with Crippen LogP contribution in [0, 0.1) is 11.7 Å². The highest BCUT2D eigenvalue weighted by atomic mass is 19.1. The second-order valence-electron chi connectivity index (χ2n) is 8.26. The van der Waals surface area contributed by atoms with E-state index in [2.05, 4.69) is 24.9 Å².